The molecule has 2 atom stereocenters. The Kier molecular flexibility index (Phi) is 3.80. The lowest BCUT2D eigenvalue weighted by Crippen LogP contribution is -2.31. The number of para-hydroxylation sites is 1. The van der Waals surface area contributed by atoms with Gasteiger partial charge in [0.05, 0.1) is 5.92 Å². The maximum Gasteiger partial charge on any atom is 0.311 e. The summed E-state index contributed by atoms with van der Waals surface area (Å²) in [5.74, 6) is -0.237. The van der Waals surface area contributed by atoms with Crippen LogP contribution < -0.4 is 5.32 Å². The first-order chi connectivity index (χ1) is 8.88. The van der Waals surface area contributed by atoms with Crippen LogP contribution in [0.5, 0.6) is 5.75 Å². The largest absolute Gasteiger partial charge is 0.508 e. The van der Waals surface area contributed by atoms with Gasteiger partial charge in [0.15, 0.2) is 0 Å². The Bertz CT molecular complexity index is 465. The van der Waals surface area contributed by atoms with Crippen LogP contribution in [0.25, 0.3) is 0 Å². The highest BCUT2D eigenvalue weighted by molar-refractivity contribution is 5.75. The molecule has 19 heavy (non-hydrogen) atoms. The van der Waals surface area contributed by atoms with Crippen LogP contribution in [0.2, 0.25) is 0 Å². The van der Waals surface area contributed by atoms with Gasteiger partial charge in [0.25, 0.3) is 0 Å². The molecule has 2 rings (SSSR count). The Morgan fingerprint density at radius 2 is 2.00 bits per heavy atom. The van der Waals surface area contributed by atoms with Gasteiger partial charge < -0.3 is 15.2 Å². The van der Waals surface area contributed by atoms with Crippen molar-refractivity contribution < 1.29 is 14.6 Å². The zero-order valence-corrected chi connectivity index (χ0v) is 11.6. The van der Waals surface area contributed by atoms with Crippen molar-refractivity contribution >= 4 is 5.97 Å². The smallest absolute Gasteiger partial charge is 0.311 e. The minimum atomic E-state index is -0.483. The van der Waals surface area contributed by atoms with E-state index in [1.54, 1.807) is 12.1 Å². The third kappa shape index (κ3) is 3.26. The van der Waals surface area contributed by atoms with Crippen LogP contribution in [-0.4, -0.2) is 29.8 Å². The summed E-state index contributed by atoms with van der Waals surface area (Å²) in [6.45, 7) is 6.86. The number of carbonyl (C=O) groups excluding carboxylic acids is 1. The van der Waals surface area contributed by atoms with Crippen LogP contribution in [0.3, 0.4) is 0 Å². The number of nitrogens with one attached hydrogen (secondary N) is 1. The standard InChI is InChI=1S/C15H21NO3/c1-15(2,3)19-14(18)12-9-16-8-11(12)10-6-4-5-7-13(10)17/h4-7,11-12,16-17H,8-9H2,1-3H3. The number of benzene rings is 1. The van der Waals surface area contributed by atoms with Crippen molar-refractivity contribution in [2.24, 2.45) is 5.92 Å². The molecule has 4 heteroatoms. The van der Waals surface area contributed by atoms with Gasteiger partial charge in [0, 0.05) is 19.0 Å². The number of phenols is 1. The van der Waals surface area contributed by atoms with Gasteiger partial charge in [-0.05, 0) is 32.4 Å². The highest BCUT2D eigenvalue weighted by Gasteiger charge is 2.37. The van der Waals surface area contributed by atoms with Crippen molar-refractivity contribution in [2.45, 2.75) is 32.3 Å². The molecular formula is C15H21NO3. The van der Waals surface area contributed by atoms with Crippen molar-refractivity contribution in [3.05, 3.63) is 29.8 Å². The molecule has 1 heterocycles. The minimum Gasteiger partial charge on any atom is -0.508 e. The molecule has 1 aromatic rings. The summed E-state index contributed by atoms with van der Waals surface area (Å²) in [7, 11) is 0. The number of esters is 1. The molecule has 1 aliphatic rings. The predicted molar refractivity (Wildman–Crippen MR) is 73.1 cm³/mol. The van der Waals surface area contributed by atoms with Gasteiger partial charge in [-0.2, -0.15) is 0 Å². The maximum atomic E-state index is 12.2. The number of phenolic OH excluding ortho intramolecular Hbond substituents is 1. The van der Waals surface area contributed by atoms with Crippen LogP contribution in [0.1, 0.15) is 32.3 Å². The van der Waals surface area contributed by atoms with Gasteiger partial charge in [-0.25, -0.2) is 0 Å². The van der Waals surface area contributed by atoms with Crippen molar-refractivity contribution in [1.82, 2.24) is 5.32 Å². The second-order valence-corrected chi connectivity index (χ2v) is 5.96. The van der Waals surface area contributed by atoms with E-state index in [0.717, 1.165) is 5.56 Å². The molecule has 0 aliphatic carbocycles. The van der Waals surface area contributed by atoms with E-state index < -0.39 is 5.60 Å². The third-order valence-electron chi connectivity index (χ3n) is 3.26. The summed E-state index contributed by atoms with van der Waals surface area (Å²) in [4.78, 5) is 12.2. The van der Waals surface area contributed by atoms with Crippen LogP contribution in [0.15, 0.2) is 24.3 Å². The normalized spacial score (nSPS) is 23.3. The topological polar surface area (TPSA) is 58.6 Å². The number of hydrogen-bond acceptors (Lipinski definition) is 4. The average molecular weight is 263 g/mol. The Hall–Kier alpha value is -1.55. The second kappa shape index (κ2) is 5.21. The molecule has 0 saturated carbocycles. The Morgan fingerprint density at radius 1 is 1.32 bits per heavy atom. The summed E-state index contributed by atoms with van der Waals surface area (Å²) >= 11 is 0. The summed E-state index contributed by atoms with van der Waals surface area (Å²) < 4.78 is 5.45. The molecule has 1 aliphatic heterocycles. The van der Waals surface area contributed by atoms with Gasteiger partial charge in [-0.3, -0.25) is 4.79 Å². The first-order valence-corrected chi connectivity index (χ1v) is 6.60. The molecule has 104 valence electrons. The molecule has 1 saturated heterocycles. The number of rotatable bonds is 2. The summed E-state index contributed by atoms with van der Waals surface area (Å²) in [5, 5.41) is 13.1. The SMILES string of the molecule is CC(C)(C)OC(=O)C1CNCC1c1ccccc1O. The molecule has 1 aromatic carbocycles. The molecule has 4 nitrogen and oxygen atoms in total. The Labute approximate surface area is 113 Å². The quantitative estimate of drug-likeness (QED) is 0.802. The zero-order valence-electron chi connectivity index (χ0n) is 11.6. The molecule has 0 spiro atoms. The van der Waals surface area contributed by atoms with E-state index in [4.69, 9.17) is 4.74 Å². The average Bonchev–Trinajstić information content (AvgIpc) is 2.76. The second-order valence-electron chi connectivity index (χ2n) is 5.96. The van der Waals surface area contributed by atoms with E-state index in [0.29, 0.717) is 13.1 Å². The van der Waals surface area contributed by atoms with E-state index >= 15 is 0 Å². The Morgan fingerprint density at radius 3 is 2.63 bits per heavy atom. The maximum absolute atomic E-state index is 12.2. The number of ether oxygens (including phenoxy) is 1. The lowest BCUT2D eigenvalue weighted by molar-refractivity contribution is -0.159. The number of hydrogen-bond donors (Lipinski definition) is 2. The van der Waals surface area contributed by atoms with E-state index in [1.165, 1.54) is 0 Å². The molecule has 0 radical (unpaired) electrons. The van der Waals surface area contributed by atoms with Gasteiger partial charge >= 0.3 is 5.97 Å². The summed E-state index contributed by atoms with van der Waals surface area (Å²) in [5.41, 5.74) is 0.325. The van der Waals surface area contributed by atoms with Crippen LogP contribution >= 0.6 is 0 Å². The van der Waals surface area contributed by atoms with Crippen molar-refractivity contribution in [1.29, 1.82) is 0 Å². The van der Waals surface area contributed by atoms with E-state index in [9.17, 15) is 9.90 Å². The highest BCUT2D eigenvalue weighted by atomic mass is 16.6. The van der Waals surface area contributed by atoms with Gasteiger partial charge in [0.1, 0.15) is 11.4 Å². The third-order valence-corrected chi connectivity index (χ3v) is 3.26. The molecule has 0 amide bonds. The lowest BCUT2D eigenvalue weighted by Gasteiger charge is -2.24. The van der Waals surface area contributed by atoms with E-state index in [2.05, 4.69) is 5.32 Å². The predicted octanol–water partition coefficient (Wildman–Crippen LogP) is 2.04. The molecule has 2 unspecified atom stereocenters. The molecule has 2 N–H and O–H groups in total. The number of aromatic hydroxyl groups is 1. The van der Waals surface area contributed by atoms with Gasteiger partial charge in [0.2, 0.25) is 0 Å². The molecule has 0 bridgehead atoms. The lowest BCUT2D eigenvalue weighted by atomic mass is 9.88. The fourth-order valence-corrected chi connectivity index (χ4v) is 2.43. The fraction of sp³-hybridized carbons (Fsp3) is 0.533. The fourth-order valence-electron chi connectivity index (χ4n) is 2.43. The van der Waals surface area contributed by atoms with Crippen LogP contribution in [0.4, 0.5) is 0 Å². The van der Waals surface area contributed by atoms with Gasteiger partial charge in [-0.15, -0.1) is 0 Å². The zero-order chi connectivity index (χ0) is 14.0. The number of carbonyl (C=O) groups is 1. The van der Waals surface area contributed by atoms with E-state index in [1.807, 2.05) is 32.9 Å². The molecule has 0 aromatic heterocycles. The van der Waals surface area contributed by atoms with E-state index in [-0.39, 0.29) is 23.6 Å². The van der Waals surface area contributed by atoms with Crippen LogP contribution in [-0.2, 0) is 9.53 Å². The Balaban J connectivity index is 2.18. The first kappa shape index (κ1) is 13.9. The monoisotopic (exact) mass is 263 g/mol. The molecular weight excluding hydrogens is 242 g/mol. The van der Waals surface area contributed by atoms with Crippen molar-refractivity contribution in [2.75, 3.05) is 13.1 Å². The highest BCUT2D eigenvalue weighted by Crippen LogP contribution is 2.34. The van der Waals surface area contributed by atoms with Gasteiger partial charge in [-0.1, -0.05) is 18.2 Å². The van der Waals surface area contributed by atoms with Crippen LogP contribution in [0, 0.1) is 5.92 Å². The minimum absolute atomic E-state index is 0.0314. The summed E-state index contributed by atoms with van der Waals surface area (Å²) in [6, 6.07) is 7.17. The van der Waals surface area contributed by atoms with Crippen molar-refractivity contribution in [3.63, 3.8) is 0 Å². The molecule has 1 fully saturated rings. The van der Waals surface area contributed by atoms with Crippen molar-refractivity contribution in [3.8, 4) is 5.75 Å². The first-order valence-electron chi connectivity index (χ1n) is 6.60. The summed E-state index contributed by atoms with van der Waals surface area (Å²) in [6.07, 6.45) is 0.